The lowest BCUT2D eigenvalue weighted by molar-refractivity contribution is 0.153. The number of likely N-dealkylation sites (tertiary alicyclic amines) is 1. The van der Waals surface area contributed by atoms with Gasteiger partial charge in [0.25, 0.3) is 0 Å². The van der Waals surface area contributed by atoms with E-state index in [4.69, 9.17) is 4.74 Å². The lowest BCUT2D eigenvalue weighted by Gasteiger charge is -2.24. The minimum Gasteiger partial charge on any atom is -0.497 e. The summed E-state index contributed by atoms with van der Waals surface area (Å²) in [6, 6.07) is 13.5. The highest BCUT2D eigenvalue weighted by Crippen LogP contribution is 2.27. The number of hydrogen-bond acceptors (Lipinski definition) is 4. The number of urea groups is 1. The summed E-state index contributed by atoms with van der Waals surface area (Å²) in [5.41, 5.74) is 2.89. The molecule has 1 aliphatic rings. The molecule has 3 N–H and O–H groups in total. The Balaban J connectivity index is 1.61. The van der Waals surface area contributed by atoms with Crippen LogP contribution in [0.25, 0.3) is 0 Å². The molecule has 0 saturated carbocycles. The van der Waals surface area contributed by atoms with Crippen molar-refractivity contribution in [2.24, 2.45) is 0 Å². The predicted molar refractivity (Wildman–Crippen MR) is 114 cm³/mol. The Bertz CT molecular complexity index is 815. The zero-order valence-electron chi connectivity index (χ0n) is 16.0. The summed E-state index contributed by atoms with van der Waals surface area (Å²) >= 11 is 3.43. The highest BCUT2D eigenvalue weighted by Gasteiger charge is 2.24. The monoisotopic (exact) mass is 447 g/mol. The SMILES string of the molecule is COc1ccc(Br)c(NC(=O)NCc2ccccc2CN2CCCC2CO)c1. The molecular formula is C21H26BrN3O3. The van der Waals surface area contributed by atoms with Gasteiger partial charge in [0.1, 0.15) is 5.75 Å². The summed E-state index contributed by atoms with van der Waals surface area (Å²) < 4.78 is 5.99. The molecule has 3 rings (SSSR count). The normalized spacial score (nSPS) is 16.8. The van der Waals surface area contributed by atoms with Crippen LogP contribution in [0, 0.1) is 0 Å². The topological polar surface area (TPSA) is 73.8 Å². The van der Waals surface area contributed by atoms with Crippen LogP contribution in [-0.2, 0) is 13.1 Å². The quantitative estimate of drug-likeness (QED) is 0.604. The average Bonchev–Trinajstić information content (AvgIpc) is 3.16. The first-order valence-electron chi connectivity index (χ1n) is 9.40. The zero-order valence-corrected chi connectivity index (χ0v) is 17.5. The van der Waals surface area contributed by atoms with E-state index >= 15 is 0 Å². The van der Waals surface area contributed by atoms with E-state index in [0.717, 1.165) is 36.0 Å². The molecule has 2 aromatic rings. The van der Waals surface area contributed by atoms with E-state index in [-0.39, 0.29) is 18.7 Å². The third-order valence-corrected chi connectivity index (χ3v) is 5.75. The Morgan fingerprint density at radius 1 is 1.29 bits per heavy atom. The highest BCUT2D eigenvalue weighted by molar-refractivity contribution is 9.10. The zero-order chi connectivity index (χ0) is 19.9. The Labute approximate surface area is 174 Å². The predicted octanol–water partition coefficient (Wildman–Crippen LogP) is 3.74. The molecule has 1 heterocycles. The molecule has 7 heteroatoms. The molecular weight excluding hydrogens is 422 g/mol. The summed E-state index contributed by atoms with van der Waals surface area (Å²) in [4.78, 5) is 14.7. The van der Waals surface area contributed by atoms with Crippen molar-refractivity contribution < 1.29 is 14.6 Å². The number of anilines is 1. The number of nitrogens with zero attached hydrogens (tertiary/aromatic N) is 1. The van der Waals surface area contributed by atoms with Crippen LogP contribution in [0.2, 0.25) is 0 Å². The number of aliphatic hydroxyl groups is 1. The van der Waals surface area contributed by atoms with Gasteiger partial charge in [-0.15, -0.1) is 0 Å². The first kappa shape index (κ1) is 20.6. The standard InChI is InChI=1S/C21H26BrN3O3/c1-28-18-8-9-19(22)20(11-18)24-21(27)23-12-15-5-2-3-6-16(15)13-25-10-4-7-17(25)14-26/h2-3,5-6,8-9,11,17,26H,4,7,10,12-14H2,1H3,(H2,23,24,27). The van der Waals surface area contributed by atoms with E-state index in [1.807, 2.05) is 30.3 Å². The largest absolute Gasteiger partial charge is 0.497 e. The Morgan fingerprint density at radius 2 is 2.07 bits per heavy atom. The number of carbonyl (C=O) groups excluding carboxylic acids is 1. The highest BCUT2D eigenvalue weighted by atomic mass is 79.9. The summed E-state index contributed by atoms with van der Waals surface area (Å²) in [5.74, 6) is 0.674. The molecule has 2 aromatic carbocycles. The van der Waals surface area contributed by atoms with Gasteiger partial charge in [-0.1, -0.05) is 24.3 Å². The maximum atomic E-state index is 12.4. The fourth-order valence-electron chi connectivity index (χ4n) is 3.48. The minimum absolute atomic E-state index is 0.193. The van der Waals surface area contributed by atoms with E-state index < -0.39 is 0 Å². The number of benzene rings is 2. The second kappa shape index (κ2) is 9.91. The van der Waals surface area contributed by atoms with Crippen molar-refractivity contribution in [2.75, 3.05) is 25.6 Å². The van der Waals surface area contributed by atoms with E-state index in [0.29, 0.717) is 18.0 Å². The number of ether oxygens (including phenoxy) is 1. The Hall–Kier alpha value is -2.09. The summed E-state index contributed by atoms with van der Waals surface area (Å²) in [5, 5.41) is 15.3. The van der Waals surface area contributed by atoms with Gasteiger partial charge in [-0.2, -0.15) is 0 Å². The molecule has 0 spiro atoms. The number of methoxy groups -OCH3 is 1. The van der Waals surface area contributed by atoms with Gasteiger partial charge in [0, 0.05) is 29.7 Å². The van der Waals surface area contributed by atoms with E-state index in [9.17, 15) is 9.90 Å². The van der Waals surface area contributed by atoms with E-state index in [2.05, 4.69) is 37.5 Å². The van der Waals surface area contributed by atoms with Gasteiger partial charge >= 0.3 is 6.03 Å². The number of amides is 2. The van der Waals surface area contributed by atoms with Gasteiger partial charge in [-0.05, 0) is 58.6 Å². The molecule has 2 amide bonds. The van der Waals surface area contributed by atoms with Gasteiger partial charge in [0.15, 0.2) is 0 Å². The molecule has 6 nitrogen and oxygen atoms in total. The van der Waals surface area contributed by atoms with Crippen molar-refractivity contribution in [3.8, 4) is 5.75 Å². The molecule has 1 saturated heterocycles. The lowest BCUT2D eigenvalue weighted by Crippen LogP contribution is -2.33. The first-order chi connectivity index (χ1) is 13.6. The van der Waals surface area contributed by atoms with Crippen LogP contribution in [-0.4, -0.2) is 42.3 Å². The molecule has 150 valence electrons. The number of rotatable bonds is 7. The minimum atomic E-state index is -0.279. The number of carbonyl (C=O) groups is 1. The Morgan fingerprint density at radius 3 is 2.82 bits per heavy atom. The number of nitrogens with one attached hydrogen (secondary N) is 2. The second-order valence-corrected chi connectivity index (χ2v) is 7.73. The lowest BCUT2D eigenvalue weighted by atomic mass is 10.1. The molecule has 1 unspecified atom stereocenters. The van der Waals surface area contributed by atoms with Crippen LogP contribution in [0.5, 0.6) is 5.75 Å². The summed E-state index contributed by atoms with van der Waals surface area (Å²) in [7, 11) is 1.59. The Kier molecular flexibility index (Phi) is 7.30. The molecule has 1 fully saturated rings. The molecule has 0 aliphatic carbocycles. The summed E-state index contributed by atoms with van der Waals surface area (Å²) in [6.07, 6.45) is 2.15. The third-order valence-electron chi connectivity index (χ3n) is 5.06. The van der Waals surface area contributed by atoms with Crippen LogP contribution < -0.4 is 15.4 Å². The van der Waals surface area contributed by atoms with Crippen LogP contribution in [0.4, 0.5) is 10.5 Å². The van der Waals surface area contributed by atoms with E-state index in [1.165, 1.54) is 5.56 Å². The molecule has 1 aliphatic heterocycles. The van der Waals surface area contributed by atoms with Gasteiger partial charge in [-0.25, -0.2) is 4.79 Å². The van der Waals surface area contributed by atoms with Gasteiger partial charge in [-0.3, -0.25) is 4.90 Å². The third kappa shape index (κ3) is 5.25. The van der Waals surface area contributed by atoms with Crippen LogP contribution in [0.15, 0.2) is 46.9 Å². The fraction of sp³-hybridized carbons (Fsp3) is 0.381. The molecule has 28 heavy (non-hydrogen) atoms. The van der Waals surface area contributed by atoms with E-state index in [1.54, 1.807) is 13.2 Å². The average molecular weight is 448 g/mol. The smallest absolute Gasteiger partial charge is 0.319 e. The van der Waals surface area contributed by atoms with Crippen molar-refractivity contribution in [2.45, 2.75) is 32.0 Å². The fourth-order valence-corrected chi connectivity index (χ4v) is 3.83. The van der Waals surface area contributed by atoms with Gasteiger partial charge in [0.05, 0.1) is 19.4 Å². The van der Waals surface area contributed by atoms with Crippen molar-refractivity contribution in [3.05, 3.63) is 58.1 Å². The number of hydrogen-bond donors (Lipinski definition) is 3. The van der Waals surface area contributed by atoms with Crippen LogP contribution >= 0.6 is 15.9 Å². The van der Waals surface area contributed by atoms with Crippen LogP contribution in [0.3, 0.4) is 0 Å². The number of aliphatic hydroxyl groups excluding tert-OH is 1. The maximum absolute atomic E-state index is 12.4. The van der Waals surface area contributed by atoms with Gasteiger partial charge in [0.2, 0.25) is 0 Å². The van der Waals surface area contributed by atoms with Crippen LogP contribution in [0.1, 0.15) is 24.0 Å². The van der Waals surface area contributed by atoms with Crippen molar-refractivity contribution in [3.63, 3.8) is 0 Å². The molecule has 0 bridgehead atoms. The second-order valence-electron chi connectivity index (χ2n) is 6.87. The summed E-state index contributed by atoms with van der Waals surface area (Å²) in [6.45, 7) is 2.41. The maximum Gasteiger partial charge on any atom is 0.319 e. The van der Waals surface area contributed by atoms with Crippen molar-refractivity contribution in [1.82, 2.24) is 10.2 Å². The molecule has 0 radical (unpaired) electrons. The first-order valence-corrected chi connectivity index (χ1v) is 10.2. The number of halogens is 1. The molecule has 1 atom stereocenters. The van der Waals surface area contributed by atoms with Crippen molar-refractivity contribution in [1.29, 1.82) is 0 Å². The van der Waals surface area contributed by atoms with Crippen molar-refractivity contribution >= 4 is 27.6 Å². The van der Waals surface area contributed by atoms with Gasteiger partial charge < -0.3 is 20.5 Å². The molecule has 0 aromatic heterocycles.